The molecule has 1 aromatic rings. The molecule has 8 heteroatoms. The van der Waals surface area contributed by atoms with Gasteiger partial charge in [-0.05, 0) is 18.2 Å². The predicted octanol–water partition coefficient (Wildman–Crippen LogP) is 2.27. The Balaban J connectivity index is 3.26. The highest BCUT2D eigenvalue weighted by Gasteiger charge is 2.34. The van der Waals surface area contributed by atoms with Gasteiger partial charge < -0.3 is 0 Å². The fourth-order valence-electron chi connectivity index (χ4n) is 1.11. The van der Waals surface area contributed by atoms with Crippen molar-refractivity contribution < 1.29 is 21.6 Å². The van der Waals surface area contributed by atoms with Gasteiger partial charge in [-0.2, -0.15) is 17.9 Å². The maximum atomic E-state index is 12.5. The van der Waals surface area contributed by atoms with Crippen LogP contribution >= 0.6 is 11.6 Å². The van der Waals surface area contributed by atoms with Crippen molar-refractivity contribution in [2.75, 3.05) is 6.54 Å². The highest BCUT2D eigenvalue weighted by molar-refractivity contribution is 7.89. The molecular weight excluding hydrogens is 291 g/mol. The summed E-state index contributed by atoms with van der Waals surface area (Å²) in [5.41, 5.74) is -1.22. The van der Waals surface area contributed by atoms with Gasteiger partial charge in [0.2, 0.25) is 10.0 Å². The van der Waals surface area contributed by atoms with Gasteiger partial charge in [0.05, 0.1) is 22.0 Å². The molecule has 0 unspecified atom stereocenters. The van der Waals surface area contributed by atoms with Gasteiger partial charge in [-0.25, -0.2) is 8.42 Å². The molecule has 0 saturated carbocycles. The molecule has 0 aliphatic carbocycles. The zero-order valence-corrected chi connectivity index (χ0v) is 10.3. The van der Waals surface area contributed by atoms with E-state index in [9.17, 15) is 21.6 Å². The van der Waals surface area contributed by atoms with E-state index >= 15 is 0 Å². The first-order valence-corrected chi connectivity index (χ1v) is 6.34. The van der Waals surface area contributed by atoms with Crippen LogP contribution in [-0.2, 0) is 16.2 Å². The average Bonchev–Trinajstić information content (AvgIpc) is 2.25. The van der Waals surface area contributed by atoms with Gasteiger partial charge in [0.1, 0.15) is 0 Å². The number of hydrogen-bond acceptors (Lipinski definition) is 2. The van der Waals surface area contributed by atoms with Crippen molar-refractivity contribution in [3.05, 3.63) is 28.8 Å². The van der Waals surface area contributed by atoms with E-state index in [0.29, 0.717) is 6.07 Å². The number of hydrogen-bond donors (Lipinski definition) is 1. The topological polar surface area (TPSA) is 46.2 Å². The Hall–Kier alpha value is -1.23. The summed E-state index contributed by atoms with van der Waals surface area (Å²) in [5, 5.41) is -0.571. The standard InChI is InChI=1S/C10H7ClF3NO2S/c1-2-5-15-18(16,17)7-3-4-9(11)8(6-7)10(12,13)14/h1,3-4,6,15H,5H2. The number of alkyl halides is 3. The van der Waals surface area contributed by atoms with Crippen LogP contribution in [0.1, 0.15) is 5.56 Å². The first-order chi connectivity index (χ1) is 8.18. The van der Waals surface area contributed by atoms with Gasteiger partial charge in [-0.3, -0.25) is 0 Å². The summed E-state index contributed by atoms with van der Waals surface area (Å²) < 4.78 is 62.7. The minimum absolute atomic E-state index is 0.313. The van der Waals surface area contributed by atoms with Crippen molar-refractivity contribution in [2.45, 2.75) is 11.1 Å². The number of sulfonamides is 1. The highest BCUT2D eigenvalue weighted by Crippen LogP contribution is 2.35. The number of terminal acetylenes is 1. The zero-order chi connectivity index (χ0) is 14.0. The molecule has 0 aromatic heterocycles. The molecule has 0 heterocycles. The summed E-state index contributed by atoms with van der Waals surface area (Å²) in [6.45, 7) is -0.313. The summed E-state index contributed by atoms with van der Waals surface area (Å²) in [5.74, 6) is 2.01. The molecule has 98 valence electrons. The first kappa shape index (κ1) is 14.8. The molecule has 0 atom stereocenters. The van der Waals surface area contributed by atoms with Crippen LogP contribution in [0.2, 0.25) is 5.02 Å². The van der Waals surface area contributed by atoms with Crippen LogP contribution in [0.5, 0.6) is 0 Å². The molecule has 0 spiro atoms. The van der Waals surface area contributed by atoms with Gasteiger partial charge in [0.25, 0.3) is 0 Å². The molecule has 0 bridgehead atoms. The van der Waals surface area contributed by atoms with E-state index < -0.39 is 31.7 Å². The maximum Gasteiger partial charge on any atom is 0.417 e. The molecule has 1 aromatic carbocycles. The van der Waals surface area contributed by atoms with Crippen LogP contribution in [-0.4, -0.2) is 15.0 Å². The van der Waals surface area contributed by atoms with Crippen molar-refractivity contribution in [3.63, 3.8) is 0 Å². The molecule has 0 radical (unpaired) electrons. The Labute approximate surface area is 107 Å². The second-order valence-corrected chi connectivity index (χ2v) is 5.34. The summed E-state index contributed by atoms with van der Waals surface area (Å²) in [6, 6.07) is 2.30. The summed E-state index contributed by atoms with van der Waals surface area (Å²) >= 11 is 5.37. The highest BCUT2D eigenvalue weighted by atomic mass is 35.5. The van der Waals surface area contributed by atoms with Crippen molar-refractivity contribution in [3.8, 4) is 12.3 Å². The van der Waals surface area contributed by atoms with Crippen LogP contribution in [0.4, 0.5) is 13.2 Å². The molecule has 1 N–H and O–H groups in total. The van der Waals surface area contributed by atoms with Crippen LogP contribution < -0.4 is 4.72 Å². The maximum absolute atomic E-state index is 12.5. The third-order valence-corrected chi connectivity index (χ3v) is 3.65. The summed E-state index contributed by atoms with van der Waals surface area (Å²) in [7, 11) is -4.07. The van der Waals surface area contributed by atoms with Crippen LogP contribution in [0.3, 0.4) is 0 Å². The third-order valence-electron chi connectivity index (χ3n) is 1.92. The Morgan fingerprint density at radius 2 is 2.00 bits per heavy atom. The molecule has 1 rings (SSSR count). The van der Waals surface area contributed by atoms with Crippen molar-refractivity contribution >= 4 is 21.6 Å². The van der Waals surface area contributed by atoms with Crippen molar-refractivity contribution in [1.82, 2.24) is 4.72 Å². The van der Waals surface area contributed by atoms with Crippen molar-refractivity contribution in [2.24, 2.45) is 0 Å². The Morgan fingerprint density at radius 3 is 2.50 bits per heavy atom. The lowest BCUT2D eigenvalue weighted by atomic mass is 10.2. The Bertz CT molecular complexity index is 590. The third kappa shape index (κ3) is 3.38. The molecule has 0 saturated heterocycles. The smallest absolute Gasteiger partial charge is 0.207 e. The molecular formula is C10H7ClF3NO2S. The normalized spacial score (nSPS) is 12.2. The quantitative estimate of drug-likeness (QED) is 0.870. The summed E-state index contributed by atoms with van der Waals surface area (Å²) in [4.78, 5) is -0.547. The van der Waals surface area contributed by atoms with Gasteiger partial charge in [-0.15, -0.1) is 6.42 Å². The van der Waals surface area contributed by atoms with E-state index in [1.54, 1.807) is 0 Å². The Kier molecular flexibility index (Phi) is 4.27. The molecule has 0 aliphatic heterocycles. The Morgan fingerprint density at radius 1 is 1.39 bits per heavy atom. The number of halogens is 4. The van der Waals surface area contributed by atoms with Crippen LogP contribution in [0.25, 0.3) is 0 Å². The van der Waals surface area contributed by atoms with Gasteiger partial charge >= 0.3 is 6.18 Å². The van der Waals surface area contributed by atoms with Crippen LogP contribution in [0.15, 0.2) is 23.1 Å². The van der Waals surface area contributed by atoms with E-state index in [-0.39, 0.29) is 6.54 Å². The van der Waals surface area contributed by atoms with Gasteiger partial charge in [-0.1, -0.05) is 17.5 Å². The fraction of sp³-hybridized carbons (Fsp3) is 0.200. The minimum atomic E-state index is -4.73. The molecule has 0 fully saturated rings. The van der Waals surface area contributed by atoms with Gasteiger partial charge in [0.15, 0.2) is 0 Å². The lowest BCUT2D eigenvalue weighted by molar-refractivity contribution is -0.137. The fourth-order valence-corrected chi connectivity index (χ4v) is 2.29. The van der Waals surface area contributed by atoms with Gasteiger partial charge in [0, 0.05) is 0 Å². The van der Waals surface area contributed by atoms with E-state index in [1.165, 1.54) is 0 Å². The number of benzene rings is 1. The predicted molar refractivity (Wildman–Crippen MR) is 60.5 cm³/mol. The molecule has 3 nitrogen and oxygen atoms in total. The van der Waals surface area contributed by atoms with E-state index in [0.717, 1.165) is 12.1 Å². The number of rotatable bonds is 3. The lowest BCUT2D eigenvalue weighted by Gasteiger charge is -2.11. The average molecular weight is 298 g/mol. The molecule has 0 aliphatic rings. The SMILES string of the molecule is C#CCNS(=O)(=O)c1ccc(Cl)c(C(F)(F)F)c1. The molecule has 0 amide bonds. The second-order valence-electron chi connectivity index (χ2n) is 3.17. The summed E-state index contributed by atoms with van der Waals surface area (Å²) in [6.07, 6.45) is 0.132. The first-order valence-electron chi connectivity index (χ1n) is 4.48. The number of nitrogens with one attached hydrogen (secondary N) is 1. The van der Waals surface area contributed by atoms with Crippen LogP contribution in [0, 0.1) is 12.3 Å². The van der Waals surface area contributed by atoms with E-state index in [1.807, 2.05) is 10.6 Å². The molecule has 18 heavy (non-hydrogen) atoms. The van der Waals surface area contributed by atoms with E-state index in [2.05, 4.69) is 0 Å². The minimum Gasteiger partial charge on any atom is -0.207 e. The zero-order valence-electron chi connectivity index (χ0n) is 8.75. The lowest BCUT2D eigenvalue weighted by Crippen LogP contribution is -2.24. The van der Waals surface area contributed by atoms with Crippen molar-refractivity contribution in [1.29, 1.82) is 0 Å². The monoisotopic (exact) mass is 297 g/mol. The van der Waals surface area contributed by atoms with E-state index in [4.69, 9.17) is 18.0 Å². The second kappa shape index (κ2) is 5.18. The largest absolute Gasteiger partial charge is 0.417 e.